The molecule has 28 heavy (non-hydrogen) atoms. The van der Waals surface area contributed by atoms with Gasteiger partial charge in [-0.05, 0) is 24.3 Å². The van der Waals surface area contributed by atoms with Gasteiger partial charge in [0.15, 0.2) is 5.58 Å². The number of fused-ring (bicyclic) bond motifs is 1. The van der Waals surface area contributed by atoms with Gasteiger partial charge < -0.3 is 28.8 Å². The van der Waals surface area contributed by atoms with Crippen molar-refractivity contribution in [1.29, 1.82) is 0 Å². The van der Waals surface area contributed by atoms with Gasteiger partial charge in [-0.15, -0.1) is 0 Å². The van der Waals surface area contributed by atoms with Crippen LogP contribution in [0.2, 0.25) is 0 Å². The number of benzene rings is 1. The Morgan fingerprint density at radius 3 is 2.64 bits per heavy atom. The zero-order valence-electron chi connectivity index (χ0n) is 15.4. The molecule has 4 rings (SSSR count). The molecule has 1 aliphatic heterocycles. The van der Waals surface area contributed by atoms with E-state index in [1.54, 1.807) is 19.4 Å². The lowest BCUT2D eigenvalue weighted by Crippen LogP contribution is -2.48. The van der Waals surface area contributed by atoms with E-state index in [1.807, 2.05) is 29.2 Å². The monoisotopic (exact) mass is 384 g/mol. The zero-order chi connectivity index (χ0) is 19.5. The van der Waals surface area contributed by atoms with E-state index in [9.17, 15) is 4.79 Å². The first-order valence-electron chi connectivity index (χ1n) is 8.87. The van der Waals surface area contributed by atoms with Crippen molar-refractivity contribution in [3.05, 3.63) is 42.2 Å². The molecule has 0 saturated carbocycles. The smallest absolute Gasteiger partial charge is 0.407 e. The quantitative estimate of drug-likeness (QED) is 0.716. The minimum absolute atomic E-state index is 0.327. The van der Waals surface area contributed by atoms with Gasteiger partial charge in [0.1, 0.15) is 23.6 Å². The Morgan fingerprint density at radius 2 is 1.96 bits per heavy atom. The highest BCUT2D eigenvalue weighted by molar-refractivity contribution is 5.76. The topological polar surface area (TPSA) is 101 Å². The molecule has 1 fully saturated rings. The average Bonchev–Trinajstić information content (AvgIpc) is 3.16. The number of ether oxygens (including phenoxy) is 2. The van der Waals surface area contributed by atoms with Gasteiger partial charge in [0.05, 0.1) is 19.0 Å². The number of carboxylic acid groups (broad SMARTS) is 1. The molecule has 1 N–H and O–H groups in total. The standard InChI is InChI=1S/C19H20N4O5/c1-26-15-3-2-13(20-11-15)12-27-14-4-5-16-17(10-14)28-18(21-16)22-6-8-23(9-7-22)19(24)25/h2-5,10-11H,6-9,12H2,1H3,(H,24,25). The van der Waals surface area contributed by atoms with E-state index < -0.39 is 6.09 Å². The highest BCUT2D eigenvalue weighted by Crippen LogP contribution is 2.27. The van der Waals surface area contributed by atoms with Crippen LogP contribution in [0.3, 0.4) is 0 Å². The summed E-state index contributed by atoms with van der Waals surface area (Å²) in [6.45, 7) is 2.28. The van der Waals surface area contributed by atoms with Crippen molar-refractivity contribution in [1.82, 2.24) is 14.9 Å². The molecule has 0 radical (unpaired) electrons. The van der Waals surface area contributed by atoms with Gasteiger partial charge in [0, 0.05) is 32.2 Å². The van der Waals surface area contributed by atoms with Crippen LogP contribution in [-0.2, 0) is 6.61 Å². The predicted octanol–water partition coefficient (Wildman–Crippen LogP) is 2.61. The molecule has 1 aliphatic rings. The van der Waals surface area contributed by atoms with Crippen LogP contribution < -0.4 is 14.4 Å². The normalized spacial score (nSPS) is 14.3. The van der Waals surface area contributed by atoms with E-state index in [1.165, 1.54) is 4.90 Å². The zero-order valence-corrected chi connectivity index (χ0v) is 15.4. The minimum Gasteiger partial charge on any atom is -0.495 e. The lowest BCUT2D eigenvalue weighted by atomic mass is 10.3. The van der Waals surface area contributed by atoms with Gasteiger partial charge in [0.25, 0.3) is 6.01 Å². The van der Waals surface area contributed by atoms with Crippen molar-refractivity contribution < 1.29 is 23.8 Å². The third kappa shape index (κ3) is 3.78. The highest BCUT2D eigenvalue weighted by atomic mass is 16.5. The van der Waals surface area contributed by atoms with Crippen LogP contribution in [0, 0.1) is 0 Å². The number of piperazine rings is 1. The summed E-state index contributed by atoms with van der Waals surface area (Å²) in [5, 5.41) is 9.04. The van der Waals surface area contributed by atoms with Gasteiger partial charge in [-0.3, -0.25) is 4.98 Å². The number of oxazole rings is 1. The van der Waals surface area contributed by atoms with Gasteiger partial charge in [-0.25, -0.2) is 4.79 Å². The Balaban J connectivity index is 1.42. The second-order valence-electron chi connectivity index (χ2n) is 6.36. The number of rotatable bonds is 5. The number of anilines is 1. The second kappa shape index (κ2) is 7.63. The first kappa shape index (κ1) is 17.9. The second-order valence-corrected chi connectivity index (χ2v) is 6.36. The van der Waals surface area contributed by atoms with Crippen LogP contribution in [0.4, 0.5) is 10.8 Å². The summed E-state index contributed by atoms with van der Waals surface area (Å²) < 4.78 is 16.7. The van der Waals surface area contributed by atoms with E-state index in [4.69, 9.17) is 19.0 Å². The number of carbonyl (C=O) groups is 1. The Bertz CT molecular complexity index is 964. The van der Waals surface area contributed by atoms with Crippen molar-refractivity contribution in [2.24, 2.45) is 0 Å². The Labute approximate surface area is 161 Å². The van der Waals surface area contributed by atoms with Crippen molar-refractivity contribution in [2.75, 3.05) is 38.2 Å². The molecule has 0 unspecified atom stereocenters. The maximum absolute atomic E-state index is 11.0. The molecule has 9 heteroatoms. The molecule has 146 valence electrons. The molecule has 9 nitrogen and oxygen atoms in total. The fourth-order valence-electron chi connectivity index (χ4n) is 2.98. The molecule has 3 heterocycles. The average molecular weight is 384 g/mol. The number of aromatic nitrogens is 2. The number of methoxy groups -OCH3 is 1. The minimum atomic E-state index is -0.898. The highest BCUT2D eigenvalue weighted by Gasteiger charge is 2.23. The predicted molar refractivity (Wildman–Crippen MR) is 101 cm³/mol. The molecule has 1 aromatic carbocycles. The number of pyridine rings is 1. The molecule has 3 aromatic rings. The number of hydrogen-bond donors (Lipinski definition) is 1. The fourth-order valence-corrected chi connectivity index (χ4v) is 2.98. The van der Waals surface area contributed by atoms with Crippen LogP contribution in [0.15, 0.2) is 40.9 Å². The van der Waals surface area contributed by atoms with Crippen LogP contribution in [0.25, 0.3) is 11.1 Å². The molecule has 1 amide bonds. The summed E-state index contributed by atoms with van der Waals surface area (Å²) in [6, 6.07) is 9.65. The molecule has 0 atom stereocenters. The third-order valence-corrected chi connectivity index (χ3v) is 4.59. The van der Waals surface area contributed by atoms with E-state index in [2.05, 4.69) is 9.97 Å². The van der Waals surface area contributed by atoms with E-state index in [0.29, 0.717) is 55.9 Å². The molecule has 0 aliphatic carbocycles. The van der Waals surface area contributed by atoms with Crippen molar-refractivity contribution in [3.63, 3.8) is 0 Å². The maximum atomic E-state index is 11.0. The van der Waals surface area contributed by atoms with Crippen LogP contribution in [-0.4, -0.2) is 59.4 Å². The van der Waals surface area contributed by atoms with Crippen LogP contribution in [0.1, 0.15) is 5.69 Å². The molecular weight excluding hydrogens is 364 g/mol. The van der Waals surface area contributed by atoms with Crippen molar-refractivity contribution in [2.45, 2.75) is 6.61 Å². The lowest BCUT2D eigenvalue weighted by Gasteiger charge is -2.31. The molecular formula is C19H20N4O5. The molecule has 1 saturated heterocycles. The van der Waals surface area contributed by atoms with Gasteiger partial charge >= 0.3 is 6.09 Å². The number of amides is 1. The van der Waals surface area contributed by atoms with E-state index >= 15 is 0 Å². The van der Waals surface area contributed by atoms with E-state index in [-0.39, 0.29) is 0 Å². The molecule has 2 aromatic heterocycles. The largest absolute Gasteiger partial charge is 0.495 e. The van der Waals surface area contributed by atoms with Crippen molar-refractivity contribution >= 4 is 23.2 Å². The molecule has 0 bridgehead atoms. The number of nitrogens with zero attached hydrogens (tertiary/aromatic N) is 4. The van der Waals surface area contributed by atoms with Gasteiger partial charge in [-0.1, -0.05) is 0 Å². The van der Waals surface area contributed by atoms with Crippen molar-refractivity contribution in [3.8, 4) is 11.5 Å². The Kier molecular flexibility index (Phi) is 4.88. The lowest BCUT2D eigenvalue weighted by molar-refractivity contribution is 0.142. The Morgan fingerprint density at radius 1 is 1.18 bits per heavy atom. The van der Waals surface area contributed by atoms with Crippen LogP contribution >= 0.6 is 0 Å². The number of hydrogen-bond acceptors (Lipinski definition) is 7. The summed E-state index contributed by atoms with van der Waals surface area (Å²) in [4.78, 5) is 23.1. The van der Waals surface area contributed by atoms with Gasteiger partial charge in [0.2, 0.25) is 0 Å². The maximum Gasteiger partial charge on any atom is 0.407 e. The summed E-state index contributed by atoms with van der Waals surface area (Å²) in [5.74, 6) is 1.35. The van der Waals surface area contributed by atoms with Crippen LogP contribution in [0.5, 0.6) is 11.5 Å². The first-order valence-corrected chi connectivity index (χ1v) is 8.87. The third-order valence-electron chi connectivity index (χ3n) is 4.59. The SMILES string of the molecule is COc1ccc(COc2ccc3nc(N4CCN(C(=O)O)CC4)oc3c2)nc1. The molecule has 0 spiro atoms. The fraction of sp³-hybridized carbons (Fsp3) is 0.316. The summed E-state index contributed by atoms with van der Waals surface area (Å²) in [5.41, 5.74) is 2.14. The van der Waals surface area contributed by atoms with E-state index in [0.717, 1.165) is 11.2 Å². The van der Waals surface area contributed by atoms with Gasteiger partial charge in [-0.2, -0.15) is 4.98 Å². The first-order chi connectivity index (χ1) is 13.6. The Hall–Kier alpha value is -3.49. The summed E-state index contributed by atoms with van der Waals surface area (Å²) >= 11 is 0. The summed E-state index contributed by atoms with van der Waals surface area (Å²) in [7, 11) is 1.60. The summed E-state index contributed by atoms with van der Waals surface area (Å²) in [6.07, 6.45) is 0.750.